The molecular formula is C20H23FN4O2. The number of aromatic nitrogens is 2. The fraction of sp³-hybridized carbons (Fsp3) is 0.450. The molecule has 1 atom stereocenters. The van der Waals surface area contributed by atoms with Crippen LogP contribution in [0.4, 0.5) is 10.3 Å². The maximum Gasteiger partial charge on any atom is 0.225 e. The van der Waals surface area contributed by atoms with Crippen LogP contribution in [0.1, 0.15) is 34.0 Å². The summed E-state index contributed by atoms with van der Waals surface area (Å²) in [7, 11) is 0. The van der Waals surface area contributed by atoms with Gasteiger partial charge in [0.1, 0.15) is 5.82 Å². The highest BCUT2D eigenvalue weighted by molar-refractivity contribution is 5.98. The van der Waals surface area contributed by atoms with Gasteiger partial charge in [0.2, 0.25) is 5.95 Å². The van der Waals surface area contributed by atoms with Crippen LogP contribution in [-0.2, 0) is 6.42 Å². The molecule has 0 saturated carbocycles. The second-order valence-corrected chi connectivity index (χ2v) is 7.16. The van der Waals surface area contributed by atoms with Crippen molar-refractivity contribution in [3.05, 3.63) is 53.1 Å². The average Bonchev–Trinajstić information content (AvgIpc) is 2.69. The predicted molar refractivity (Wildman–Crippen MR) is 99.6 cm³/mol. The number of β-amino-alcohol motifs (C(OH)–C–C–N with tert-alkyl or cyclic N) is 1. The molecule has 1 saturated heterocycles. The molecule has 2 aromatic rings. The number of ketones is 1. The molecule has 0 spiro atoms. The molecular weight excluding hydrogens is 347 g/mol. The zero-order valence-corrected chi connectivity index (χ0v) is 15.1. The van der Waals surface area contributed by atoms with Crippen molar-refractivity contribution in [1.29, 1.82) is 0 Å². The number of nitrogens with zero attached hydrogens (tertiary/aromatic N) is 4. The Morgan fingerprint density at radius 1 is 1.11 bits per heavy atom. The van der Waals surface area contributed by atoms with Crippen molar-refractivity contribution in [2.24, 2.45) is 0 Å². The molecule has 1 aromatic heterocycles. The van der Waals surface area contributed by atoms with Crippen molar-refractivity contribution in [2.75, 3.05) is 44.2 Å². The SMILES string of the molecule is O=C1C[C@@H](c2ccc(F)cc2)Cc2nc(N3CCN(CCO)CC3)ncc21. The van der Waals surface area contributed by atoms with Crippen molar-refractivity contribution in [3.63, 3.8) is 0 Å². The number of carbonyl (C=O) groups is 1. The second kappa shape index (κ2) is 7.70. The summed E-state index contributed by atoms with van der Waals surface area (Å²) in [6.07, 6.45) is 2.72. The van der Waals surface area contributed by atoms with Crippen molar-refractivity contribution >= 4 is 11.7 Å². The fourth-order valence-corrected chi connectivity index (χ4v) is 3.87. The first-order chi connectivity index (χ1) is 13.1. The first-order valence-corrected chi connectivity index (χ1v) is 9.37. The maximum atomic E-state index is 13.2. The van der Waals surface area contributed by atoms with Gasteiger partial charge in [-0.05, 0) is 30.0 Å². The lowest BCUT2D eigenvalue weighted by molar-refractivity contribution is 0.0962. The van der Waals surface area contributed by atoms with Gasteiger partial charge in [-0.15, -0.1) is 0 Å². The quantitative estimate of drug-likeness (QED) is 0.883. The number of hydrogen-bond acceptors (Lipinski definition) is 6. The monoisotopic (exact) mass is 370 g/mol. The van der Waals surface area contributed by atoms with Crippen molar-refractivity contribution in [1.82, 2.24) is 14.9 Å². The summed E-state index contributed by atoms with van der Waals surface area (Å²) >= 11 is 0. The molecule has 1 aliphatic carbocycles. The lowest BCUT2D eigenvalue weighted by atomic mass is 9.82. The Morgan fingerprint density at radius 2 is 1.85 bits per heavy atom. The normalized spacial score (nSPS) is 20.6. The number of anilines is 1. The Labute approximate surface area is 157 Å². The summed E-state index contributed by atoms with van der Waals surface area (Å²) in [6.45, 7) is 4.17. The molecule has 2 aliphatic rings. The van der Waals surface area contributed by atoms with E-state index >= 15 is 0 Å². The molecule has 27 heavy (non-hydrogen) atoms. The third-order valence-electron chi connectivity index (χ3n) is 5.44. The van der Waals surface area contributed by atoms with Gasteiger partial charge in [0.25, 0.3) is 0 Å². The van der Waals surface area contributed by atoms with Crippen LogP contribution in [0.15, 0.2) is 30.5 Å². The van der Waals surface area contributed by atoms with Crippen LogP contribution in [0.3, 0.4) is 0 Å². The van der Waals surface area contributed by atoms with E-state index in [1.165, 1.54) is 12.1 Å². The molecule has 7 heteroatoms. The number of carbonyl (C=O) groups excluding carboxylic acids is 1. The molecule has 1 fully saturated rings. The summed E-state index contributed by atoms with van der Waals surface area (Å²) in [5, 5.41) is 9.06. The number of aliphatic hydroxyl groups excluding tert-OH is 1. The van der Waals surface area contributed by atoms with E-state index in [1.807, 2.05) is 0 Å². The first kappa shape index (κ1) is 18.0. The zero-order chi connectivity index (χ0) is 18.8. The van der Waals surface area contributed by atoms with Gasteiger partial charge in [0, 0.05) is 45.3 Å². The molecule has 2 heterocycles. The highest BCUT2D eigenvalue weighted by Gasteiger charge is 2.29. The average molecular weight is 370 g/mol. The van der Waals surface area contributed by atoms with Crippen molar-refractivity contribution < 1.29 is 14.3 Å². The summed E-state index contributed by atoms with van der Waals surface area (Å²) in [5.41, 5.74) is 2.35. The number of aliphatic hydroxyl groups is 1. The molecule has 0 bridgehead atoms. The number of fused-ring (bicyclic) bond motifs is 1. The van der Waals surface area contributed by atoms with E-state index in [2.05, 4.69) is 14.8 Å². The Kier molecular flexibility index (Phi) is 5.13. The van der Waals surface area contributed by atoms with E-state index in [4.69, 9.17) is 10.1 Å². The Morgan fingerprint density at radius 3 is 2.56 bits per heavy atom. The zero-order valence-electron chi connectivity index (χ0n) is 15.1. The standard InChI is InChI=1S/C20H23FN4O2/c21-16-3-1-14(2-4-16)15-11-18-17(19(27)12-15)13-22-20(23-18)25-7-5-24(6-8-25)9-10-26/h1-4,13,15,26H,5-12H2/t15-/m0/s1. The summed E-state index contributed by atoms with van der Waals surface area (Å²) in [5.74, 6) is 0.454. The molecule has 1 aliphatic heterocycles. The molecule has 1 aromatic carbocycles. The lowest BCUT2D eigenvalue weighted by Crippen LogP contribution is -2.47. The largest absolute Gasteiger partial charge is 0.395 e. The van der Waals surface area contributed by atoms with E-state index in [9.17, 15) is 9.18 Å². The van der Waals surface area contributed by atoms with E-state index < -0.39 is 0 Å². The fourth-order valence-electron chi connectivity index (χ4n) is 3.87. The Hall–Kier alpha value is -2.38. The minimum absolute atomic E-state index is 0.0229. The van der Waals surface area contributed by atoms with Crippen LogP contribution in [0.25, 0.3) is 0 Å². The summed E-state index contributed by atoms with van der Waals surface area (Å²) in [4.78, 5) is 26.0. The smallest absolute Gasteiger partial charge is 0.225 e. The molecule has 142 valence electrons. The van der Waals surface area contributed by atoms with Crippen molar-refractivity contribution in [3.8, 4) is 0 Å². The number of hydrogen-bond donors (Lipinski definition) is 1. The molecule has 0 radical (unpaired) electrons. The molecule has 0 amide bonds. The van der Waals surface area contributed by atoms with Crippen molar-refractivity contribution in [2.45, 2.75) is 18.8 Å². The minimum atomic E-state index is -0.272. The van der Waals surface area contributed by atoms with Gasteiger partial charge >= 0.3 is 0 Å². The van der Waals surface area contributed by atoms with Crippen LogP contribution < -0.4 is 4.90 Å². The second-order valence-electron chi connectivity index (χ2n) is 7.16. The van der Waals surface area contributed by atoms with Crippen LogP contribution >= 0.6 is 0 Å². The number of halogens is 1. The maximum absolute atomic E-state index is 13.2. The van der Waals surface area contributed by atoms with Gasteiger partial charge in [-0.3, -0.25) is 9.69 Å². The van der Waals surface area contributed by atoms with Gasteiger partial charge in [-0.2, -0.15) is 0 Å². The van der Waals surface area contributed by atoms with Crippen LogP contribution in [0.2, 0.25) is 0 Å². The van der Waals surface area contributed by atoms with Gasteiger partial charge in [-0.25, -0.2) is 14.4 Å². The summed E-state index contributed by atoms with van der Waals surface area (Å²) < 4.78 is 13.2. The highest BCUT2D eigenvalue weighted by atomic mass is 19.1. The number of piperazine rings is 1. The Balaban J connectivity index is 1.52. The van der Waals surface area contributed by atoms with Crippen LogP contribution in [0.5, 0.6) is 0 Å². The van der Waals surface area contributed by atoms with E-state index in [0.717, 1.165) is 37.4 Å². The topological polar surface area (TPSA) is 69.6 Å². The third kappa shape index (κ3) is 3.84. The highest BCUT2D eigenvalue weighted by Crippen LogP contribution is 2.32. The van der Waals surface area contributed by atoms with Gasteiger partial charge in [-0.1, -0.05) is 12.1 Å². The first-order valence-electron chi connectivity index (χ1n) is 9.37. The summed E-state index contributed by atoms with van der Waals surface area (Å²) in [6, 6.07) is 6.38. The predicted octanol–water partition coefficient (Wildman–Crippen LogP) is 1.64. The number of rotatable bonds is 4. The van der Waals surface area contributed by atoms with Gasteiger partial charge < -0.3 is 10.0 Å². The molecule has 0 unspecified atom stereocenters. The lowest BCUT2D eigenvalue weighted by Gasteiger charge is -2.34. The number of Topliss-reactive ketones (excluding diaryl/α,β-unsaturated/α-hetero) is 1. The van der Waals surface area contributed by atoms with Crippen LogP contribution in [-0.4, -0.2) is 65.1 Å². The molecule has 1 N–H and O–H groups in total. The molecule has 6 nitrogen and oxygen atoms in total. The van der Waals surface area contributed by atoms with E-state index in [-0.39, 0.29) is 24.1 Å². The van der Waals surface area contributed by atoms with Gasteiger partial charge in [0.05, 0.1) is 17.9 Å². The minimum Gasteiger partial charge on any atom is -0.395 e. The van der Waals surface area contributed by atoms with Crippen LogP contribution in [0, 0.1) is 5.82 Å². The van der Waals surface area contributed by atoms with E-state index in [0.29, 0.717) is 30.9 Å². The number of benzene rings is 1. The van der Waals surface area contributed by atoms with Gasteiger partial charge in [0.15, 0.2) is 5.78 Å². The third-order valence-corrected chi connectivity index (χ3v) is 5.44. The Bertz CT molecular complexity index is 819. The van der Waals surface area contributed by atoms with E-state index in [1.54, 1.807) is 18.3 Å². The molecule has 4 rings (SSSR count).